The molecule has 7 nitrogen and oxygen atoms in total. The van der Waals surface area contributed by atoms with Crippen molar-refractivity contribution < 1.29 is 4.73 Å². The lowest BCUT2D eigenvalue weighted by molar-refractivity contribution is -0.605. The number of fused-ring (bicyclic) bond motifs is 1. The first kappa shape index (κ1) is 14.3. The molecule has 2 N–H and O–H groups in total. The first-order valence-electron chi connectivity index (χ1n) is 7.41. The number of hydrogen-bond acceptors (Lipinski definition) is 5. The van der Waals surface area contributed by atoms with E-state index in [0.29, 0.717) is 12.6 Å². The topological polar surface area (TPSA) is 81.2 Å². The number of anilines is 2. The fourth-order valence-electron chi connectivity index (χ4n) is 2.37. The molecule has 0 saturated heterocycles. The van der Waals surface area contributed by atoms with Crippen molar-refractivity contribution >= 4 is 33.2 Å². The normalized spacial score (nSPS) is 14.1. The lowest BCUT2D eigenvalue weighted by Gasteiger charge is -2.11. The summed E-state index contributed by atoms with van der Waals surface area (Å²) in [7, 11) is 0. The molecule has 8 heteroatoms. The van der Waals surface area contributed by atoms with E-state index in [1.807, 2.05) is 12.1 Å². The molecule has 3 aromatic heterocycles. The van der Waals surface area contributed by atoms with E-state index in [1.165, 1.54) is 19.0 Å². The zero-order valence-corrected chi connectivity index (χ0v) is 13.8. The molecular weight excluding hydrogens is 360 g/mol. The standard InChI is InChI=1S/C15H15BrN6O/c16-12-8-18-22-14(17-7-10-2-1-5-21(23)9-10)6-13(20-15(12)22)19-11-3-4-11/h1-2,5-6,8-9,11,17H,3-4,7H2,(H,19,20). The average molecular weight is 375 g/mol. The molecule has 0 atom stereocenters. The Kier molecular flexibility index (Phi) is 3.53. The van der Waals surface area contributed by atoms with Crippen LogP contribution in [0.2, 0.25) is 0 Å². The van der Waals surface area contributed by atoms with Crippen molar-refractivity contribution in [3.63, 3.8) is 0 Å². The second kappa shape index (κ2) is 5.69. The van der Waals surface area contributed by atoms with Gasteiger partial charge in [0, 0.05) is 30.3 Å². The van der Waals surface area contributed by atoms with E-state index in [4.69, 9.17) is 0 Å². The van der Waals surface area contributed by atoms with Gasteiger partial charge >= 0.3 is 0 Å². The van der Waals surface area contributed by atoms with Gasteiger partial charge in [0.2, 0.25) is 0 Å². The van der Waals surface area contributed by atoms with Crippen LogP contribution in [0.1, 0.15) is 18.4 Å². The van der Waals surface area contributed by atoms with Crippen LogP contribution < -0.4 is 15.4 Å². The molecule has 0 amide bonds. The molecule has 0 radical (unpaired) electrons. The van der Waals surface area contributed by atoms with Gasteiger partial charge in [0.25, 0.3) is 0 Å². The Morgan fingerprint density at radius 3 is 3.09 bits per heavy atom. The summed E-state index contributed by atoms with van der Waals surface area (Å²) in [5.41, 5.74) is 1.65. The molecule has 4 rings (SSSR count). The third kappa shape index (κ3) is 3.07. The highest BCUT2D eigenvalue weighted by molar-refractivity contribution is 9.10. The molecule has 1 saturated carbocycles. The second-order valence-corrected chi connectivity index (χ2v) is 6.45. The number of rotatable bonds is 5. The SMILES string of the molecule is [O-][n+]1cccc(CNc2cc(NC3CC3)nc3c(Br)cnn23)c1. The van der Waals surface area contributed by atoms with Crippen LogP contribution in [0, 0.1) is 5.21 Å². The molecule has 0 aromatic carbocycles. The summed E-state index contributed by atoms with van der Waals surface area (Å²) in [6, 6.07) is 6.10. The Bertz CT molecular complexity index is 860. The van der Waals surface area contributed by atoms with Gasteiger partial charge in [-0.1, -0.05) is 0 Å². The predicted octanol–water partition coefficient (Wildman–Crippen LogP) is 2.31. The fraction of sp³-hybridized carbons (Fsp3) is 0.267. The van der Waals surface area contributed by atoms with Crippen molar-refractivity contribution in [2.75, 3.05) is 10.6 Å². The van der Waals surface area contributed by atoms with Crippen LogP contribution in [-0.4, -0.2) is 20.6 Å². The number of aromatic nitrogens is 4. The second-order valence-electron chi connectivity index (χ2n) is 5.60. The van der Waals surface area contributed by atoms with Crippen molar-refractivity contribution in [2.24, 2.45) is 0 Å². The van der Waals surface area contributed by atoms with Crippen LogP contribution in [0.25, 0.3) is 5.65 Å². The summed E-state index contributed by atoms with van der Waals surface area (Å²) < 4.78 is 3.39. The van der Waals surface area contributed by atoms with Crippen molar-refractivity contribution in [3.8, 4) is 0 Å². The van der Waals surface area contributed by atoms with Crippen LogP contribution in [0.3, 0.4) is 0 Å². The monoisotopic (exact) mass is 374 g/mol. The summed E-state index contributed by atoms with van der Waals surface area (Å²) >= 11 is 3.48. The van der Waals surface area contributed by atoms with Gasteiger partial charge in [-0.15, -0.1) is 0 Å². The Morgan fingerprint density at radius 1 is 1.43 bits per heavy atom. The molecule has 0 unspecified atom stereocenters. The summed E-state index contributed by atoms with van der Waals surface area (Å²) in [5, 5.41) is 22.4. The van der Waals surface area contributed by atoms with E-state index in [9.17, 15) is 5.21 Å². The third-order valence-electron chi connectivity index (χ3n) is 3.67. The van der Waals surface area contributed by atoms with E-state index < -0.39 is 0 Å². The molecule has 1 fully saturated rings. The molecule has 23 heavy (non-hydrogen) atoms. The minimum Gasteiger partial charge on any atom is -0.619 e. The Balaban J connectivity index is 1.64. The van der Waals surface area contributed by atoms with Gasteiger partial charge in [-0.25, -0.2) is 4.98 Å². The van der Waals surface area contributed by atoms with Gasteiger partial charge in [-0.2, -0.15) is 14.3 Å². The van der Waals surface area contributed by atoms with Gasteiger partial charge in [-0.3, -0.25) is 0 Å². The largest absolute Gasteiger partial charge is 0.619 e. The van der Waals surface area contributed by atoms with Crippen LogP contribution in [0.4, 0.5) is 11.6 Å². The molecule has 3 aromatic rings. The molecule has 0 aliphatic heterocycles. The summed E-state index contributed by atoms with van der Waals surface area (Å²) in [6.45, 7) is 0.530. The first-order chi connectivity index (χ1) is 11.2. The predicted molar refractivity (Wildman–Crippen MR) is 90.1 cm³/mol. The Morgan fingerprint density at radius 2 is 2.30 bits per heavy atom. The Labute approximate surface area is 141 Å². The molecule has 118 valence electrons. The minimum absolute atomic E-state index is 0.521. The van der Waals surface area contributed by atoms with Crippen LogP contribution in [0.5, 0.6) is 0 Å². The minimum atomic E-state index is 0.521. The van der Waals surface area contributed by atoms with Gasteiger partial charge in [-0.05, 0) is 34.8 Å². The lowest BCUT2D eigenvalue weighted by atomic mass is 10.3. The highest BCUT2D eigenvalue weighted by Gasteiger charge is 2.22. The molecule has 1 aliphatic rings. The maximum atomic E-state index is 11.3. The van der Waals surface area contributed by atoms with E-state index in [-0.39, 0.29) is 0 Å². The number of pyridine rings is 1. The van der Waals surface area contributed by atoms with Crippen molar-refractivity contribution in [3.05, 3.63) is 52.0 Å². The number of nitrogens with zero attached hydrogens (tertiary/aromatic N) is 4. The summed E-state index contributed by atoms with van der Waals surface area (Å²) in [5.74, 6) is 1.65. The average Bonchev–Trinajstić information content (AvgIpc) is 3.27. The molecule has 0 bridgehead atoms. The summed E-state index contributed by atoms with van der Waals surface area (Å²) in [6.07, 6.45) is 7.11. The molecule has 3 heterocycles. The molecule has 1 aliphatic carbocycles. The van der Waals surface area contributed by atoms with Crippen molar-refractivity contribution in [1.29, 1.82) is 0 Å². The van der Waals surface area contributed by atoms with E-state index in [0.717, 1.165) is 32.0 Å². The van der Waals surface area contributed by atoms with Crippen molar-refractivity contribution in [2.45, 2.75) is 25.4 Å². The van der Waals surface area contributed by atoms with Gasteiger partial charge < -0.3 is 15.8 Å². The smallest absolute Gasteiger partial charge is 0.185 e. The van der Waals surface area contributed by atoms with E-state index >= 15 is 0 Å². The van der Waals surface area contributed by atoms with E-state index in [1.54, 1.807) is 23.0 Å². The van der Waals surface area contributed by atoms with Crippen LogP contribution >= 0.6 is 15.9 Å². The quantitative estimate of drug-likeness (QED) is 0.529. The molecule has 0 spiro atoms. The lowest BCUT2D eigenvalue weighted by Crippen LogP contribution is -2.25. The maximum absolute atomic E-state index is 11.3. The van der Waals surface area contributed by atoms with Gasteiger partial charge in [0.15, 0.2) is 18.0 Å². The fourth-order valence-corrected chi connectivity index (χ4v) is 2.72. The third-order valence-corrected chi connectivity index (χ3v) is 4.23. The van der Waals surface area contributed by atoms with E-state index in [2.05, 4.69) is 36.6 Å². The summed E-state index contributed by atoms with van der Waals surface area (Å²) in [4.78, 5) is 4.59. The highest BCUT2D eigenvalue weighted by Crippen LogP contribution is 2.27. The Hall–Kier alpha value is -2.35. The number of nitrogens with one attached hydrogen (secondary N) is 2. The number of hydrogen-bond donors (Lipinski definition) is 2. The van der Waals surface area contributed by atoms with Crippen LogP contribution in [-0.2, 0) is 6.54 Å². The zero-order chi connectivity index (χ0) is 15.8. The van der Waals surface area contributed by atoms with Crippen LogP contribution in [0.15, 0.2) is 41.3 Å². The van der Waals surface area contributed by atoms with Gasteiger partial charge in [0.1, 0.15) is 11.6 Å². The highest BCUT2D eigenvalue weighted by atomic mass is 79.9. The molecular formula is C15H15BrN6O. The van der Waals surface area contributed by atoms with Gasteiger partial charge in [0.05, 0.1) is 10.7 Å². The van der Waals surface area contributed by atoms with Crippen molar-refractivity contribution in [1.82, 2.24) is 14.6 Å². The number of halogens is 1. The maximum Gasteiger partial charge on any atom is 0.185 e. The first-order valence-corrected chi connectivity index (χ1v) is 8.21. The zero-order valence-electron chi connectivity index (χ0n) is 12.2.